The number of benzene rings is 1. The normalized spacial score (nSPS) is 13.1. The van der Waals surface area contributed by atoms with Crippen molar-refractivity contribution >= 4 is 28.4 Å². The number of hydrogen-bond acceptors (Lipinski definition) is 5. The van der Waals surface area contributed by atoms with Crippen molar-refractivity contribution in [3.8, 4) is 5.75 Å². The van der Waals surface area contributed by atoms with E-state index in [0.717, 1.165) is 12.1 Å². The van der Waals surface area contributed by atoms with E-state index < -0.39 is 33.3 Å². The van der Waals surface area contributed by atoms with Gasteiger partial charge in [-0.05, 0) is 24.1 Å². The molecule has 0 spiro atoms. The van der Waals surface area contributed by atoms with Crippen molar-refractivity contribution in [3.63, 3.8) is 0 Å². The molecule has 11 heteroatoms. The van der Waals surface area contributed by atoms with Crippen LogP contribution in [0.3, 0.4) is 0 Å². The Hall–Kier alpha value is -1.52. The Labute approximate surface area is 124 Å². The summed E-state index contributed by atoms with van der Waals surface area (Å²) in [5.41, 5.74) is 5.34. The van der Waals surface area contributed by atoms with Crippen LogP contribution in [0.2, 0.25) is 0 Å². The summed E-state index contributed by atoms with van der Waals surface area (Å²) in [6.45, 7) is 0. The van der Waals surface area contributed by atoms with E-state index in [4.69, 9.17) is 11.5 Å². The summed E-state index contributed by atoms with van der Waals surface area (Å²) in [6, 6.07) is 3.66. The predicted octanol–water partition coefficient (Wildman–Crippen LogP) is 0.692. The minimum Gasteiger partial charge on any atom is -0.376 e. The number of amides is 1. The zero-order valence-electron chi connectivity index (χ0n) is 10.3. The molecule has 120 valence electrons. The molecule has 4 N–H and O–H groups in total. The van der Waals surface area contributed by atoms with Crippen molar-refractivity contribution in [2.75, 3.05) is 0 Å². The molecule has 0 saturated carbocycles. The highest BCUT2D eigenvalue weighted by Gasteiger charge is 2.48. The molecular formula is C10H12ClF3N2O4S. The first-order valence-electron chi connectivity index (χ1n) is 5.17. The van der Waals surface area contributed by atoms with Crippen LogP contribution in [-0.2, 0) is 21.3 Å². The van der Waals surface area contributed by atoms with Gasteiger partial charge >= 0.3 is 15.6 Å². The van der Waals surface area contributed by atoms with Gasteiger partial charge in [-0.1, -0.05) is 12.1 Å². The topological polar surface area (TPSA) is 112 Å². The number of nitrogens with two attached hydrogens (primary N) is 2. The molecule has 0 fully saturated rings. The van der Waals surface area contributed by atoms with Gasteiger partial charge in [0, 0.05) is 0 Å². The number of carbonyl (C=O) groups excluding carboxylic acids is 1. The maximum atomic E-state index is 12.1. The van der Waals surface area contributed by atoms with Gasteiger partial charge in [0.05, 0.1) is 6.04 Å². The lowest BCUT2D eigenvalue weighted by atomic mass is 10.1. The first-order chi connectivity index (χ1) is 9.03. The van der Waals surface area contributed by atoms with Gasteiger partial charge in [0.2, 0.25) is 5.91 Å². The maximum Gasteiger partial charge on any atom is 0.534 e. The molecule has 0 bridgehead atoms. The Morgan fingerprint density at radius 1 is 1.24 bits per heavy atom. The van der Waals surface area contributed by atoms with Crippen LogP contribution in [0.25, 0.3) is 0 Å². The number of halogens is 4. The van der Waals surface area contributed by atoms with E-state index >= 15 is 0 Å². The molecule has 0 unspecified atom stereocenters. The van der Waals surface area contributed by atoms with Crippen LogP contribution in [0, 0.1) is 0 Å². The van der Waals surface area contributed by atoms with E-state index in [2.05, 4.69) is 4.18 Å². The first-order valence-corrected chi connectivity index (χ1v) is 6.58. The highest BCUT2D eigenvalue weighted by molar-refractivity contribution is 7.87. The molecule has 1 amide bonds. The molecule has 0 aromatic heterocycles. The number of carbonyl (C=O) groups is 1. The van der Waals surface area contributed by atoms with Crippen LogP contribution in [0.5, 0.6) is 5.75 Å². The van der Waals surface area contributed by atoms with E-state index in [-0.39, 0.29) is 18.8 Å². The fourth-order valence-electron chi connectivity index (χ4n) is 1.21. The van der Waals surface area contributed by atoms with Gasteiger partial charge in [-0.15, -0.1) is 12.4 Å². The van der Waals surface area contributed by atoms with Crippen molar-refractivity contribution in [1.82, 2.24) is 0 Å². The van der Waals surface area contributed by atoms with Crippen LogP contribution in [0.1, 0.15) is 5.56 Å². The number of hydrogen-bond donors (Lipinski definition) is 2. The van der Waals surface area contributed by atoms with E-state index in [1.165, 1.54) is 12.1 Å². The zero-order valence-corrected chi connectivity index (χ0v) is 12.0. The lowest BCUT2D eigenvalue weighted by Crippen LogP contribution is -2.38. The van der Waals surface area contributed by atoms with Crippen molar-refractivity contribution in [3.05, 3.63) is 29.8 Å². The summed E-state index contributed by atoms with van der Waals surface area (Å²) < 4.78 is 61.6. The molecule has 1 rings (SSSR count). The summed E-state index contributed by atoms with van der Waals surface area (Å²) >= 11 is 0. The largest absolute Gasteiger partial charge is 0.534 e. The molecule has 1 atom stereocenters. The van der Waals surface area contributed by atoms with Crippen LogP contribution in [0.15, 0.2) is 24.3 Å². The average Bonchev–Trinajstić information content (AvgIpc) is 2.29. The Bertz CT molecular complexity index is 589. The number of alkyl halides is 3. The van der Waals surface area contributed by atoms with E-state index in [1.54, 1.807) is 0 Å². The summed E-state index contributed by atoms with van der Waals surface area (Å²) in [6.07, 6.45) is 0.0711. The van der Waals surface area contributed by atoms with E-state index in [0.29, 0.717) is 5.56 Å². The van der Waals surface area contributed by atoms with Crippen LogP contribution < -0.4 is 15.7 Å². The van der Waals surface area contributed by atoms with Gasteiger partial charge in [-0.25, -0.2) is 0 Å². The second-order valence-electron chi connectivity index (χ2n) is 3.84. The molecule has 0 saturated heterocycles. The van der Waals surface area contributed by atoms with Gasteiger partial charge < -0.3 is 15.7 Å². The average molecular weight is 349 g/mol. The monoisotopic (exact) mass is 348 g/mol. The summed E-state index contributed by atoms with van der Waals surface area (Å²) in [5, 5.41) is 0. The standard InChI is InChI=1S/C10H11F3N2O4S.ClH/c11-10(12,13)20(17,18)19-7-3-1-6(2-4-7)5-8(14)9(15)16;/h1-4,8H,5,14H2,(H2,15,16);1H/t8-;/m0./s1. The third-order valence-electron chi connectivity index (χ3n) is 2.23. The second kappa shape index (κ2) is 6.96. The third kappa shape index (κ3) is 5.40. The lowest BCUT2D eigenvalue weighted by Gasteiger charge is -2.10. The van der Waals surface area contributed by atoms with E-state index in [1.807, 2.05) is 0 Å². The van der Waals surface area contributed by atoms with Gasteiger partial charge in [0.15, 0.2) is 0 Å². The van der Waals surface area contributed by atoms with Crippen molar-refractivity contribution < 1.29 is 30.6 Å². The molecule has 21 heavy (non-hydrogen) atoms. The molecule has 0 aliphatic heterocycles. The SMILES string of the molecule is Cl.NC(=O)[C@@H](N)Cc1ccc(OS(=O)(=O)C(F)(F)F)cc1. The summed E-state index contributed by atoms with van der Waals surface area (Å²) in [4.78, 5) is 10.7. The quantitative estimate of drug-likeness (QED) is 0.600. The maximum absolute atomic E-state index is 12.1. The third-order valence-corrected chi connectivity index (χ3v) is 3.21. The molecular weight excluding hydrogens is 337 g/mol. The van der Waals surface area contributed by atoms with Gasteiger partial charge in [0.25, 0.3) is 0 Å². The zero-order chi connectivity index (χ0) is 15.6. The minimum absolute atomic E-state index is 0. The molecule has 0 radical (unpaired) electrons. The first kappa shape index (κ1) is 19.5. The Morgan fingerprint density at radius 3 is 2.10 bits per heavy atom. The van der Waals surface area contributed by atoms with E-state index in [9.17, 15) is 26.4 Å². The van der Waals surface area contributed by atoms with Gasteiger partial charge in [0.1, 0.15) is 5.75 Å². The Morgan fingerprint density at radius 2 is 1.71 bits per heavy atom. The lowest BCUT2D eigenvalue weighted by molar-refractivity contribution is -0.119. The van der Waals surface area contributed by atoms with Crippen molar-refractivity contribution in [2.24, 2.45) is 11.5 Å². The molecule has 0 aliphatic carbocycles. The Kier molecular flexibility index (Phi) is 6.46. The fourth-order valence-corrected chi connectivity index (χ4v) is 1.67. The predicted molar refractivity (Wildman–Crippen MR) is 70.2 cm³/mol. The summed E-state index contributed by atoms with van der Waals surface area (Å²) in [5.74, 6) is -1.23. The van der Waals surface area contributed by atoms with Crippen molar-refractivity contribution in [2.45, 2.75) is 18.0 Å². The smallest absolute Gasteiger partial charge is 0.376 e. The highest BCUT2D eigenvalue weighted by Crippen LogP contribution is 2.27. The molecule has 0 heterocycles. The minimum atomic E-state index is -5.70. The van der Waals surface area contributed by atoms with Crippen LogP contribution >= 0.6 is 12.4 Å². The number of rotatable bonds is 5. The van der Waals surface area contributed by atoms with Crippen molar-refractivity contribution in [1.29, 1.82) is 0 Å². The molecule has 1 aromatic carbocycles. The second-order valence-corrected chi connectivity index (χ2v) is 5.38. The van der Waals surface area contributed by atoms with Gasteiger partial charge in [-0.2, -0.15) is 21.6 Å². The van der Waals surface area contributed by atoms with Crippen LogP contribution in [0.4, 0.5) is 13.2 Å². The molecule has 1 aromatic rings. The summed E-state index contributed by atoms with van der Waals surface area (Å²) in [7, 11) is -5.70. The molecule has 6 nitrogen and oxygen atoms in total. The van der Waals surface area contributed by atoms with Crippen LogP contribution in [-0.4, -0.2) is 25.9 Å². The fraction of sp³-hybridized carbons (Fsp3) is 0.300. The highest BCUT2D eigenvalue weighted by atomic mass is 35.5. The number of primary amides is 1. The Balaban J connectivity index is 0.00000400. The molecule has 0 aliphatic rings. The van der Waals surface area contributed by atoms with Gasteiger partial charge in [-0.3, -0.25) is 4.79 Å².